The molecule has 0 saturated heterocycles. The minimum atomic E-state index is -0.405. The van der Waals surface area contributed by atoms with Crippen LogP contribution >= 0.6 is 0 Å². The number of hydrogen-bond acceptors (Lipinski definition) is 4. The molecule has 1 aromatic rings. The van der Waals surface area contributed by atoms with Crippen LogP contribution in [-0.4, -0.2) is 28.7 Å². The van der Waals surface area contributed by atoms with E-state index in [1.165, 1.54) is 11.1 Å². The van der Waals surface area contributed by atoms with Crippen molar-refractivity contribution >= 4 is 5.78 Å². The summed E-state index contributed by atoms with van der Waals surface area (Å²) in [6.07, 6.45) is 7.65. The van der Waals surface area contributed by atoms with Crippen molar-refractivity contribution in [2.75, 3.05) is 6.61 Å². The smallest absolute Gasteiger partial charge is 0.155 e. The maximum absolute atomic E-state index is 12.1. The number of fused-ring (bicyclic) bond motifs is 5. The number of para-hydroxylation sites is 1. The van der Waals surface area contributed by atoms with Crippen molar-refractivity contribution in [1.29, 1.82) is 0 Å². The average Bonchev–Trinajstić information content (AvgIpc) is 3.09. The quantitative estimate of drug-likeness (QED) is 0.686. The third-order valence-electron chi connectivity index (χ3n) is 9.15. The molecular formula is C27H34O4. The van der Waals surface area contributed by atoms with Gasteiger partial charge in [-0.1, -0.05) is 37.6 Å². The number of ether oxygens (including phenoxy) is 1. The Labute approximate surface area is 185 Å². The van der Waals surface area contributed by atoms with Gasteiger partial charge in [0, 0.05) is 6.42 Å². The molecule has 0 amide bonds. The summed E-state index contributed by atoms with van der Waals surface area (Å²) in [6.45, 7) is 4.45. The number of carbonyl (C=O) groups is 1. The van der Waals surface area contributed by atoms with Gasteiger partial charge < -0.3 is 14.9 Å². The van der Waals surface area contributed by atoms with Crippen molar-refractivity contribution in [2.24, 2.45) is 28.6 Å². The minimum absolute atomic E-state index is 0.0651. The first-order valence-corrected chi connectivity index (χ1v) is 11.8. The molecule has 0 radical (unpaired) electrons. The zero-order valence-corrected chi connectivity index (χ0v) is 18.6. The second kappa shape index (κ2) is 7.60. The number of aliphatic hydroxyl groups is 2. The number of hydrogen-bond donors (Lipinski definition) is 2. The van der Waals surface area contributed by atoms with Crippen molar-refractivity contribution in [1.82, 2.24) is 0 Å². The van der Waals surface area contributed by atoms with E-state index in [0.717, 1.165) is 37.9 Å². The highest BCUT2D eigenvalue weighted by atomic mass is 16.5. The Morgan fingerprint density at radius 3 is 2.61 bits per heavy atom. The number of rotatable bonds is 3. The van der Waals surface area contributed by atoms with Crippen LogP contribution in [-0.2, 0) is 4.79 Å². The van der Waals surface area contributed by atoms with Gasteiger partial charge in [0.25, 0.3) is 0 Å². The minimum Gasteiger partial charge on any atom is -0.459 e. The van der Waals surface area contributed by atoms with Crippen LogP contribution in [0, 0.1) is 28.6 Å². The van der Waals surface area contributed by atoms with Gasteiger partial charge in [-0.25, -0.2) is 0 Å². The second-order valence-electron chi connectivity index (χ2n) is 10.6. The summed E-state index contributed by atoms with van der Waals surface area (Å²) in [5.41, 5.74) is 2.23. The average molecular weight is 423 g/mol. The summed E-state index contributed by atoms with van der Waals surface area (Å²) in [6, 6.07) is 9.65. The van der Waals surface area contributed by atoms with E-state index in [-0.39, 0.29) is 29.1 Å². The molecule has 0 unspecified atom stereocenters. The van der Waals surface area contributed by atoms with Crippen molar-refractivity contribution in [2.45, 2.75) is 64.9 Å². The van der Waals surface area contributed by atoms with E-state index in [4.69, 9.17) is 4.74 Å². The fourth-order valence-electron chi connectivity index (χ4n) is 7.78. The van der Waals surface area contributed by atoms with Crippen molar-refractivity contribution in [3.63, 3.8) is 0 Å². The lowest BCUT2D eigenvalue weighted by molar-refractivity contribution is -0.124. The summed E-state index contributed by atoms with van der Waals surface area (Å²) < 4.78 is 6.15. The fraction of sp³-hybridized carbons (Fsp3) is 0.593. The van der Waals surface area contributed by atoms with Gasteiger partial charge in [0.1, 0.15) is 18.1 Å². The first-order valence-electron chi connectivity index (χ1n) is 11.8. The molecular weight excluding hydrogens is 388 g/mol. The largest absolute Gasteiger partial charge is 0.459 e. The van der Waals surface area contributed by atoms with Crippen LogP contribution in [0.2, 0.25) is 0 Å². The van der Waals surface area contributed by atoms with Gasteiger partial charge in [-0.2, -0.15) is 0 Å². The lowest BCUT2D eigenvalue weighted by Gasteiger charge is -2.59. The molecule has 4 nitrogen and oxygen atoms in total. The van der Waals surface area contributed by atoms with Gasteiger partial charge in [-0.3, -0.25) is 4.79 Å². The van der Waals surface area contributed by atoms with E-state index in [1.54, 1.807) is 0 Å². The molecule has 6 atom stereocenters. The standard InChI is InChI=1S/C27H34O4/c1-26-13-12-18(29)14-17(26)8-9-20-21-10-11-22(27(21,2)15-23(30)25(20)26)24(16-28)31-19-6-4-3-5-7-19/h3-7,14,20-21,23,25,28,30H,8-13,15-16H2,1-2H3/t20-,21-,23-,25+,26-,27-/m0/s1. The lowest BCUT2D eigenvalue weighted by Crippen LogP contribution is -2.55. The molecule has 0 aliphatic heterocycles. The van der Waals surface area contributed by atoms with Crippen LogP contribution in [0.15, 0.2) is 53.3 Å². The second-order valence-corrected chi connectivity index (χ2v) is 10.6. The Morgan fingerprint density at radius 2 is 1.87 bits per heavy atom. The molecule has 2 N–H and O–H groups in total. The highest BCUT2D eigenvalue weighted by Gasteiger charge is 2.61. The van der Waals surface area contributed by atoms with Crippen molar-refractivity contribution < 1.29 is 19.7 Å². The first kappa shape index (κ1) is 21.0. The van der Waals surface area contributed by atoms with E-state index < -0.39 is 6.10 Å². The Bertz CT molecular complexity index is 932. The van der Waals surface area contributed by atoms with Crippen LogP contribution in [0.5, 0.6) is 5.75 Å². The first-order chi connectivity index (χ1) is 14.9. The van der Waals surface area contributed by atoms with Gasteiger partial charge in [0.05, 0.1) is 6.10 Å². The Kier molecular flexibility index (Phi) is 5.14. The third kappa shape index (κ3) is 3.22. The maximum Gasteiger partial charge on any atom is 0.155 e. The molecule has 31 heavy (non-hydrogen) atoms. The van der Waals surface area contributed by atoms with Crippen LogP contribution < -0.4 is 4.74 Å². The van der Waals surface area contributed by atoms with Gasteiger partial charge in [0.15, 0.2) is 5.78 Å². The van der Waals surface area contributed by atoms with Crippen LogP contribution in [0.25, 0.3) is 0 Å². The molecule has 0 bridgehead atoms. The molecule has 3 fully saturated rings. The zero-order valence-electron chi connectivity index (χ0n) is 18.6. The maximum atomic E-state index is 12.1. The molecule has 3 saturated carbocycles. The fourth-order valence-corrected chi connectivity index (χ4v) is 7.78. The zero-order chi connectivity index (χ0) is 21.8. The lowest BCUT2D eigenvalue weighted by atomic mass is 9.46. The Hall–Kier alpha value is -1.91. The molecule has 0 aromatic heterocycles. The molecule has 4 aliphatic rings. The predicted molar refractivity (Wildman–Crippen MR) is 119 cm³/mol. The van der Waals surface area contributed by atoms with Gasteiger partial charge >= 0.3 is 0 Å². The number of ketones is 1. The molecule has 1 aromatic carbocycles. The predicted octanol–water partition coefficient (Wildman–Crippen LogP) is 4.81. The SMILES string of the molecule is C[C@]12CCC(=O)C=C1CC[C@@H]1[C@@H]2[C@@H](O)C[C@]2(C)C(=C(CO)Oc3ccccc3)CC[C@@H]12. The Balaban J connectivity index is 1.49. The number of benzene rings is 1. The van der Waals surface area contributed by atoms with Gasteiger partial charge in [-0.05, 0) is 90.9 Å². The van der Waals surface area contributed by atoms with E-state index in [9.17, 15) is 15.0 Å². The highest BCUT2D eigenvalue weighted by molar-refractivity contribution is 5.91. The van der Waals surface area contributed by atoms with Crippen LogP contribution in [0.1, 0.15) is 58.8 Å². The summed E-state index contributed by atoms with van der Waals surface area (Å²) in [5.74, 6) is 2.79. The monoisotopic (exact) mass is 422 g/mol. The van der Waals surface area contributed by atoms with Gasteiger partial charge in [0.2, 0.25) is 0 Å². The van der Waals surface area contributed by atoms with Crippen molar-refractivity contribution in [3.05, 3.63) is 53.3 Å². The van der Waals surface area contributed by atoms with Crippen LogP contribution in [0.3, 0.4) is 0 Å². The summed E-state index contributed by atoms with van der Waals surface area (Å²) in [5, 5.41) is 21.7. The third-order valence-corrected chi connectivity index (χ3v) is 9.15. The van der Waals surface area contributed by atoms with E-state index in [1.807, 2.05) is 36.4 Å². The van der Waals surface area contributed by atoms with Crippen molar-refractivity contribution in [3.8, 4) is 5.75 Å². The molecule has 5 rings (SSSR count). The molecule has 4 aliphatic carbocycles. The summed E-state index contributed by atoms with van der Waals surface area (Å²) >= 11 is 0. The Morgan fingerprint density at radius 1 is 1.10 bits per heavy atom. The molecule has 4 heteroatoms. The molecule has 166 valence electrons. The van der Waals surface area contributed by atoms with Gasteiger partial charge in [-0.15, -0.1) is 0 Å². The normalized spacial score (nSPS) is 41.0. The number of allylic oxidation sites excluding steroid dienone is 2. The van der Waals surface area contributed by atoms with E-state index >= 15 is 0 Å². The van der Waals surface area contributed by atoms with Crippen LogP contribution in [0.4, 0.5) is 0 Å². The highest BCUT2D eigenvalue weighted by Crippen LogP contribution is 2.66. The molecule has 0 spiro atoms. The number of aliphatic hydroxyl groups excluding tert-OH is 2. The summed E-state index contributed by atoms with van der Waals surface area (Å²) in [7, 11) is 0. The topological polar surface area (TPSA) is 66.8 Å². The number of carbonyl (C=O) groups excluding carboxylic acids is 1. The summed E-state index contributed by atoms with van der Waals surface area (Å²) in [4.78, 5) is 12.1. The van der Waals surface area contributed by atoms with E-state index in [2.05, 4.69) is 13.8 Å². The molecule has 0 heterocycles. The van der Waals surface area contributed by atoms with E-state index in [0.29, 0.717) is 30.4 Å².